The van der Waals surface area contributed by atoms with E-state index in [2.05, 4.69) is 5.32 Å². The van der Waals surface area contributed by atoms with Crippen molar-refractivity contribution < 1.29 is 18.0 Å². The first kappa shape index (κ1) is 16.3. The summed E-state index contributed by atoms with van der Waals surface area (Å²) in [7, 11) is -3.31. The zero-order chi connectivity index (χ0) is 14.5. The molecular weight excluding hydrogens is 290 g/mol. The molecule has 2 amide bonds. The van der Waals surface area contributed by atoms with E-state index < -0.39 is 21.1 Å². The number of thioether (sulfide) groups is 1. The van der Waals surface area contributed by atoms with Crippen molar-refractivity contribution in [2.75, 3.05) is 36.9 Å². The van der Waals surface area contributed by atoms with Gasteiger partial charge in [-0.05, 0) is 0 Å². The minimum Gasteiger partial charge on any atom is -0.346 e. The van der Waals surface area contributed by atoms with E-state index in [0.717, 1.165) is 0 Å². The number of sulfone groups is 1. The summed E-state index contributed by atoms with van der Waals surface area (Å²) in [6.45, 7) is 1.54. The molecule has 0 saturated carbocycles. The monoisotopic (exact) mass is 309 g/mol. The first-order chi connectivity index (χ1) is 8.92. The van der Waals surface area contributed by atoms with Crippen LogP contribution in [0.2, 0.25) is 0 Å². The number of hydrogen-bond acceptors (Lipinski definition) is 6. The van der Waals surface area contributed by atoms with Crippen LogP contribution in [0.15, 0.2) is 0 Å². The molecule has 1 aliphatic rings. The Kier molecular flexibility index (Phi) is 6.08. The van der Waals surface area contributed by atoms with Crippen LogP contribution < -0.4 is 11.1 Å². The molecule has 9 heteroatoms. The summed E-state index contributed by atoms with van der Waals surface area (Å²) in [6.07, 6.45) is 0. The lowest BCUT2D eigenvalue weighted by Crippen LogP contribution is -2.53. The summed E-state index contributed by atoms with van der Waals surface area (Å²) in [5.74, 6) is 0.259. The van der Waals surface area contributed by atoms with Gasteiger partial charge in [0, 0.05) is 23.8 Å². The molecule has 1 unspecified atom stereocenters. The molecule has 1 saturated heterocycles. The van der Waals surface area contributed by atoms with Crippen LogP contribution in [0, 0.1) is 0 Å². The van der Waals surface area contributed by atoms with Crippen LogP contribution in [0.5, 0.6) is 0 Å². The van der Waals surface area contributed by atoms with E-state index in [1.165, 1.54) is 16.7 Å². The molecule has 1 rings (SSSR count). The summed E-state index contributed by atoms with van der Waals surface area (Å²) in [5.41, 5.74) is 5.12. The maximum absolute atomic E-state index is 12.0. The van der Waals surface area contributed by atoms with Crippen molar-refractivity contribution in [3.63, 3.8) is 0 Å². The number of nitrogens with one attached hydrogen (secondary N) is 1. The number of carbonyl (C=O) groups excluding carboxylic acids is 2. The van der Waals surface area contributed by atoms with Gasteiger partial charge in [-0.25, -0.2) is 8.42 Å². The number of amides is 2. The van der Waals surface area contributed by atoms with Crippen molar-refractivity contribution in [2.24, 2.45) is 5.73 Å². The molecule has 1 aliphatic heterocycles. The largest absolute Gasteiger partial charge is 0.346 e. The van der Waals surface area contributed by atoms with Gasteiger partial charge in [0.15, 0.2) is 9.84 Å². The Bertz CT molecular complexity index is 438. The van der Waals surface area contributed by atoms with Crippen LogP contribution in [-0.4, -0.2) is 67.4 Å². The molecular formula is C10H19N3O4S2. The van der Waals surface area contributed by atoms with Crippen LogP contribution in [0.4, 0.5) is 0 Å². The molecule has 0 radical (unpaired) electrons. The van der Waals surface area contributed by atoms with Gasteiger partial charge >= 0.3 is 0 Å². The second-order valence-corrected chi connectivity index (χ2v) is 7.65. The fourth-order valence-electron chi connectivity index (χ4n) is 1.70. The molecule has 1 heterocycles. The molecule has 110 valence electrons. The van der Waals surface area contributed by atoms with Crippen molar-refractivity contribution in [1.29, 1.82) is 0 Å². The Hall–Kier alpha value is -0.800. The first-order valence-corrected chi connectivity index (χ1v) is 8.85. The van der Waals surface area contributed by atoms with Gasteiger partial charge in [-0.2, -0.15) is 11.8 Å². The van der Waals surface area contributed by atoms with Crippen molar-refractivity contribution in [3.8, 4) is 0 Å². The van der Waals surface area contributed by atoms with Crippen molar-refractivity contribution >= 4 is 33.4 Å². The van der Waals surface area contributed by atoms with Gasteiger partial charge in [0.05, 0.1) is 13.1 Å². The molecule has 0 bridgehead atoms. The van der Waals surface area contributed by atoms with Crippen LogP contribution in [0.1, 0.15) is 6.92 Å². The zero-order valence-corrected chi connectivity index (χ0v) is 12.4. The van der Waals surface area contributed by atoms with Crippen LogP contribution in [0.25, 0.3) is 0 Å². The minimum atomic E-state index is -3.31. The number of nitrogens with zero attached hydrogens (tertiary/aromatic N) is 1. The third kappa shape index (κ3) is 4.36. The summed E-state index contributed by atoms with van der Waals surface area (Å²) < 4.78 is 23.9. The van der Waals surface area contributed by atoms with E-state index in [4.69, 9.17) is 5.73 Å². The third-order valence-electron chi connectivity index (χ3n) is 2.84. The predicted octanol–water partition coefficient (Wildman–Crippen LogP) is -1.60. The third-order valence-corrected chi connectivity index (χ3v) is 6.13. The van der Waals surface area contributed by atoms with Crippen molar-refractivity contribution in [2.45, 2.75) is 12.3 Å². The number of rotatable bonds is 5. The summed E-state index contributed by atoms with van der Waals surface area (Å²) >= 11 is 1.51. The SMILES string of the molecule is CCS(=O)(=O)C1CSCCN1C(=O)CNC(=O)CN. The van der Waals surface area contributed by atoms with E-state index in [-0.39, 0.29) is 24.7 Å². The zero-order valence-electron chi connectivity index (χ0n) is 10.8. The van der Waals surface area contributed by atoms with E-state index >= 15 is 0 Å². The molecule has 0 aliphatic carbocycles. The second-order valence-electron chi connectivity index (χ2n) is 4.05. The number of nitrogens with two attached hydrogens (primary N) is 1. The van der Waals surface area contributed by atoms with E-state index in [0.29, 0.717) is 18.1 Å². The molecule has 1 fully saturated rings. The molecule has 0 aromatic rings. The lowest BCUT2D eigenvalue weighted by atomic mass is 10.4. The molecule has 3 N–H and O–H groups in total. The molecule has 0 spiro atoms. The first-order valence-electron chi connectivity index (χ1n) is 5.98. The molecule has 19 heavy (non-hydrogen) atoms. The van der Waals surface area contributed by atoms with Gasteiger partial charge < -0.3 is 16.0 Å². The quantitative estimate of drug-likeness (QED) is 0.633. The van der Waals surface area contributed by atoms with Gasteiger partial charge in [-0.1, -0.05) is 6.92 Å². The second kappa shape index (κ2) is 7.11. The van der Waals surface area contributed by atoms with E-state index in [1.54, 1.807) is 6.92 Å². The Morgan fingerprint density at radius 1 is 1.47 bits per heavy atom. The van der Waals surface area contributed by atoms with E-state index in [1.807, 2.05) is 0 Å². The summed E-state index contributed by atoms with van der Waals surface area (Å²) in [5, 5.41) is 1.57. The van der Waals surface area contributed by atoms with Gasteiger partial charge in [0.1, 0.15) is 5.37 Å². The fraction of sp³-hybridized carbons (Fsp3) is 0.800. The topological polar surface area (TPSA) is 110 Å². The maximum atomic E-state index is 12.0. The molecule has 1 atom stereocenters. The van der Waals surface area contributed by atoms with Crippen LogP contribution in [0.3, 0.4) is 0 Å². The Balaban J connectivity index is 2.72. The molecule has 0 aromatic carbocycles. The predicted molar refractivity (Wildman–Crippen MR) is 74.4 cm³/mol. The Morgan fingerprint density at radius 2 is 2.16 bits per heavy atom. The standard InChI is InChI=1S/C10H19N3O4S2/c1-2-19(16,17)10-7-18-4-3-13(10)9(15)6-12-8(14)5-11/h10H,2-7,11H2,1H3,(H,12,14). The van der Waals surface area contributed by atoms with Gasteiger partial charge in [0.25, 0.3) is 0 Å². The summed E-state index contributed by atoms with van der Waals surface area (Å²) in [6, 6.07) is 0. The lowest BCUT2D eigenvalue weighted by Gasteiger charge is -2.34. The highest BCUT2D eigenvalue weighted by Gasteiger charge is 2.35. The fourth-order valence-corrected chi connectivity index (χ4v) is 4.69. The average molecular weight is 309 g/mol. The highest BCUT2D eigenvalue weighted by atomic mass is 32.2. The molecule has 0 aromatic heterocycles. The lowest BCUT2D eigenvalue weighted by molar-refractivity contribution is -0.132. The van der Waals surface area contributed by atoms with Gasteiger partial charge in [-0.3, -0.25) is 9.59 Å². The molecule has 7 nitrogen and oxygen atoms in total. The smallest absolute Gasteiger partial charge is 0.243 e. The normalized spacial score (nSPS) is 20.1. The Labute approximate surface area is 117 Å². The number of hydrogen-bond donors (Lipinski definition) is 2. The Morgan fingerprint density at radius 3 is 2.74 bits per heavy atom. The maximum Gasteiger partial charge on any atom is 0.243 e. The highest BCUT2D eigenvalue weighted by molar-refractivity contribution is 8.01. The minimum absolute atomic E-state index is 0.00281. The van der Waals surface area contributed by atoms with Crippen molar-refractivity contribution in [1.82, 2.24) is 10.2 Å². The average Bonchev–Trinajstić information content (AvgIpc) is 2.44. The van der Waals surface area contributed by atoms with Gasteiger partial charge in [-0.15, -0.1) is 0 Å². The van der Waals surface area contributed by atoms with Crippen LogP contribution >= 0.6 is 11.8 Å². The number of carbonyl (C=O) groups is 2. The van der Waals surface area contributed by atoms with Gasteiger partial charge in [0.2, 0.25) is 11.8 Å². The highest BCUT2D eigenvalue weighted by Crippen LogP contribution is 2.21. The van der Waals surface area contributed by atoms with Crippen molar-refractivity contribution in [3.05, 3.63) is 0 Å². The summed E-state index contributed by atoms with van der Waals surface area (Å²) in [4.78, 5) is 24.3. The van der Waals surface area contributed by atoms with Crippen LogP contribution in [-0.2, 0) is 19.4 Å². The van der Waals surface area contributed by atoms with E-state index in [9.17, 15) is 18.0 Å².